The van der Waals surface area contributed by atoms with Gasteiger partial charge in [0.2, 0.25) is 0 Å². The third kappa shape index (κ3) is 1.65. The van der Waals surface area contributed by atoms with Crippen LogP contribution < -0.4 is 11.6 Å². The topological polar surface area (TPSA) is 69.9 Å². The van der Waals surface area contributed by atoms with Crippen molar-refractivity contribution in [3.05, 3.63) is 34.3 Å². The van der Waals surface area contributed by atoms with E-state index in [1.165, 1.54) is 10.7 Å². The number of aryl methyl sites for hydroxylation is 1. The van der Waals surface area contributed by atoms with Crippen LogP contribution in [0.5, 0.6) is 0 Å². The van der Waals surface area contributed by atoms with Crippen molar-refractivity contribution >= 4 is 21.7 Å². The summed E-state index contributed by atoms with van der Waals surface area (Å²) in [7, 11) is 0. The smallest absolute Gasteiger partial charge is 0.150 e. The number of hydrogen-bond acceptors (Lipinski definition) is 3. The molecule has 1 aromatic heterocycles. The summed E-state index contributed by atoms with van der Waals surface area (Å²) in [5, 5.41) is 0. The molecule has 2 rings (SSSR count). The molecule has 1 aromatic carbocycles. The van der Waals surface area contributed by atoms with E-state index in [-0.39, 0.29) is 5.82 Å². The van der Waals surface area contributed by atoms with Crippen LogP contribution in [0.25, 0.3) is 11.3 Å². The van der Waals surface area contributed by atoms with E-state index in [0.717, 1.165) is 0 Å². The highest BCUT2D eigenvalue weighted by Gasteiger charge is 2.13. The number of benzene rings is 1. The van der Waals surface area contributed by atoms with E-state index in [0.29, 0.717) is 27.4 Å². The van der Waals surface area contributed by atoms with E-state index >= 15 is 0 Å². The minimum atomic E-state index is -0.360. The van der Waals surface area contributed by atoms with Crippen LogP contribution in [0, 0.1) is 12.7 Å². The first-order chi connectivity index (χ1) is 7.50. The molecule has 0 saturated carbocycles. The Hall–Kier alpha value is -1.56. The summed E-state index contributed by atoms with van der Waals surface area (Å²) < 4.78 is 15.0. The van der Waals surface area contributed by atoms with Gasteiger partial charge in [-0.1, -0.05) is 6.07 Å². The molecular formula is C10H10BrFN4. The van der Waals surface area contributed by atoms with Gasteiger partial charge in [-0.05, 0) is 35.0 Å². The van der Waals surface area contributed by atoms with Gasteiger partial charge in [-0.25, -0.2) is 14.1 Å². The lowest BCUT2D eigenvalue weighted by molar-refractivity contribution is 0.621. The normalized spacial score (nSPS) is 10.7. The molecular weight excluding hydrogens is 275 g/mol. The SMILES string of the molecule is Cc1nc(-c2ccc(Br)c(F)c2)c(N)n1N. The Morgan fingerprint density at radius 1 is 1.44 bits per heavy atom. The molecule has 0 atom stereocenters. The van der Waals surface area contributed by atoms with E-state index < -0.39 is 0 Å². The molecule has 2 aromatic rings. The molecule has 16 heavy (non-hydrogen) atoms. The molecule has 0 bridgehead atoms. The minimum absolute atomic E-state index is 0.319. The van der Waals surface area contributed by atoms with Crippen molar-refractivity contribution in [2.24, 2.45) is 0 Å². The Labute approximate surface area is 100 Å². The van der Waals surface area contributed by atoms with Gasteiger partial charge < -0.3 is 11.6 Å². The Bertz CT molecular complexity index is 550. The van der Waals surface area contributed by atoms with Gasteiger partial charge in [0.05, 0.1) is 4.47 Å². The molecule has 4 N–H and O–H groups in total. The minimum Gasteiger partial charge on any atom is -0.382 e. The second-order valence-electron chi connectivity index (χ2n) is 3.39. The molecule has 0 fully saturated rings. The average molecular weight is 285 g/mol. The Morgan fingerprint density at radius 3 is 2.62 bits per heavy atom. The Morgan fingerprint density at radius 2 is 2.12 bits per heavy atom. The van der Waals surface area contributed by atoms with E-state index in [4.69, 9.17) is 11.6 Å². The lowest BCUT2D eigenvalue weighted by Gasteiger charge is -2.01. The number of aromatic nitrogens is 2. The summed E-state index contributed by atoms with van der Waals surface area (Å²) in [6.07, 6.45) is 0. The molecule has 0 aliphatic heterocycles. The van der Waals surface area contributed by atoms with Crippen molar-refractivity contribution in [3.8, 4) is 11.3 Å². The molecule has 0 spiro atoms. The predicted octanol–water partition coefficient (Wildman–Crippen LogP) is 2.06. The van der Waals surface area contributed by atoms with Crippen LogP contribution in [-0.2, 0) is 0 Å². The molecule has 0 radical (unpaired) electrons. The van der Waals surface area contributed by atoms with E-state index in [1.807, 2.05) is 0 Å². The van der Waals surface area contributed by atoms with E-state index in [1.54, 1.807) is 19.1 Å². The fourth-order valence-corrected chi connectivity index (χ4v) is 1.66. The maximum Gasteiger partial charge on any atom is 0.150 e. The zero-order chi connectivity index (χ0) is 11.9. The number of nitrogens with zero attached hydrogens (tertiary/aromatic N) is 2. The van der Waals surface area contributed by atoms with E-state index in [9.17, 15) is 4.39 Å². The third-order valence-corrected chi connectivity index (χ3v) is 2.96. The summed E-state index contributed by atoms with van der Waals surface area (Å²) in [6.45, 7) is 1.73. The number of nitrogen functional groups attached to an aromatic ring is 2. The number of anilines is 1. The van der Waals surface area contributed by atoms with Gasteiger partial charge in [0.25, 0.3) is 0 Å². The monoisotopic (exact) mass is 284 g/mol. The first-order valence-corrected chi connectivity index (χ1v) is 5.35. The summed E-state index contributed by atoms with van der Waals surface area (Å²) in [5.41, 5.74) is 6.86. The maximum absolute atomic E-state index is 13.4. The van der Waals surface area contributed by atoms with Gasteiger partial charge in [-0.3, -0.25) is 0 Å². The van der Waals surface area contributed by atoms with Crippen LogP contribution in [0.4, 0.5) is 10.2 Å². The highest BCUT2D eigenvalue weighted by molar-refractivity contribution is 9.10. The predicted molar refractivity (Wildman–Crippen MR) is 64.6 cm³/mol. The number of rotatable bonds is 1. The van der Waals surface area contributed by atoms with Gasteiger partial charge in [0.1, 0.15) is 17.3 Å². The summed E-state index contributed by atoms with van der Waals surface area (Å²) in [5.74, 6) is 6.17. The van der Waals surface area contributed by atoms with Crippen molar-refractivity contribution < 1.29 is 4.39 Å². The number of halogens is 2. The van der Waals surface area contributed by atoms with Crippen molar-refractivity contribution in [3.63, 3.8) is 0 Å². The summed E-state index contributed by atoms with van der Waals surface area (Å²) >= 11 is 3.08. The van der Waals surface area contributed by atoms with Gasteiger partial charge >= 0.3 is 0 Å². The van der Waals surface area contributed by atoms with Crippen molar-refractivity contribution in [1.29, 1.82) is 0 Å². The van der Waals surface area contributed by atoms with Crippen LogP contribution in [0.3, 0.4) is 0 Å². The zero-order valence-electron chi connectivity index (χ0n) is 8.54. The molecule has 6 heteroatoms. The second kappa shape index (κ2) is 3.79. The highest BCUT2D eigenvalue weighted by atomic mass is 79.9. The summed E-state index contributed by atoms with van der Waals surface area (Å²) in [6, 6.07) is 4.70. The lowest BCUT2D eigenvalue weighted by Crippen LogP contribution is -2.13. The number of imidazole rings is 1. The van der Waals surface area contributed by atoms with Crippen LogP contribution in [-0.4, -0.2) is 9.66 Å². The Kier molecular flexibility index (Phi) is 2.59. The van der Waals surface area contributed by atoms with Gasteiger partial charge in [0, 0.05) is 5.56 Å². The molecule has 0 aliphatic rings. The molecule has 1 heterocycles. The molecule has 84 valence electrons. The number of nitrogens with two attached hydrogens (primary N) is 2. The van der Waals surface area contributed by atoms with E-state index in [2.05, 4.69) is 20.9 Å². The van der Waals surface area contributed by atoms with Gasteiger partial charge in [0.15, 0.2) is 5.82 Å². The van der Waals surface area contributed by atoms with Crippen LogP contribution in [0.15, 0.2) is 22.7 Å². The first-order valence-electron chi connectivity index (χ1n) is 4.56. The second-order valence-corrected chi connectivity index (χ2v) is 4.25. The summed E-state index contributed by atoms with van der Waals surface area (Å²) in [4.78, 5) is 4.18. The number of hydrogen-bond donors (Lipinski definition) is 2. The fourth-order valence-electron chi connectivity index (χ4n) is 1.42. The van der Waals surface area contributed by atoms with Gasteiger partial charge in [-0.15, -0.1) is 0 Å². The molecule has 0 unspecified atom stereocenters. The molecule has 0 aliphatic carbocycles. The van der Waals surface area contributed by atoms with Crippen LogP contribution >= 0.6 is 15.9 Å². The van der Waals surface area contributed by atoms with Crippen molar-refractivity contribution in [2.75, 3.05) is 11.6 Å². The van der Waals surface area contributed by atoms with Crippen molar-refractivity contribution in [1.82, 2.24) is 9.66 Å². The largest absolute Gasteiger partial charge is 0.382 e. The van der Waals surface area contributed by atoms with Gasteiger partial charge in [-0.2, -0.15) is 0 Å². The van der Waals surface area contributed by atoms with Crippen LogP contribution in [0.1, 0.15) is 5.82 Å². The maximum atomic E-state index is 13.4. The van der Waals surface area contributed by atoms with Crippen molar-refractivity contribution in [2.45, 2.75) is 6.92 Å². The lowest BCUT2D eigenvalue weighted by atomic mass is 10.1. The van der Waals surface area contributed by atoms with Crippen LogP contribution in [0.2, 0.25) is 0 Å². The zero-order valence-corrected chi connectivity index (χ0v) is 10.1. The Balaban J connectivity index is 2.59. The molecule has 0 amide bonds. The standard InChI is InChI=1S/C10H10BrFN4/c1-5-15-9(10(13)16(5)14)6-2-3-7(11)8(12)4-6/h2-4H,13-14H2,1H3. The average Bonchev–Trinajstić information content (AvgIpc) is 2.50. The quantitative estimate of drug-likeness (QED) is 0.788. The molecule has 4 nitrogen and oxygen atoms in total. The third-order valence-electron chi connectivity index (χ3n) is 2.32. The fraction of sp³-hybridized carbons (Fsp3) is 0.100. The highest BCUT2D eigenvalue weighted by Crippen LogP contribution is 2.27. The first kappa shape index (κ1) is 10.9. The molecule has 0 saturated heterocycles.